The lowest BCUT2D eigenvalue weighted by molar-refractivity contribution is -0.116. The number of hydrogen-bond donors (Lipinski definition) is 1. The van der Waals surface area contributed by atoms with Crippen molar-refractivity contribution in [2.75, 3.05) is 5.32 Å². The molecular weight excluding hydrogens is 348 g/mol. The van der Waals surface area contributed by atoms with Gasteiger partial charge in [0.15, 0.2) is 0 Å². The number of nitriles is 1. The molecule has 1 aromatic carbocycles. The number of aromatic nitrogens is 2. The first-order valence-electron chi connectivity index (χ1n) is 7.00. The van der Waals surface area contributed by atoms with Gasteiger partial charge in [0, 0.05) is 29.5 Å². The van der Waals surface area contributed by atoms with Crippen molar-refractivity contribution >= 4 is 34.5 Å². The quantitative estimate of drug-likeness (QED) is 0.746. The summed E-state index contributed by atoms with van der Waals surface area (Å²) in [6, 6.07) is 8.61. The van der Waals surface area contributed by atoms with Crippen LogP contribution in [0.1, 0.15) is 17.9 Å². The second kappa shape index (κ2) is 7.25. The molecule has 0 saturated carbocycles. The minimum atomic E-state index is -0.212. The van der Waals surface area contributed by atoms with Crippen molar-refractivity contribution in [3.63, 3.8) is 0 Å². The monoisotopic (exact) mass is 358 g/mol. The summed E-state index contributed by atoms with van der Waals surface area (Å²) in [5.74, 6) is 0.708. The van der Waals surface area contributed by atoms with Crippen LogP contribution in [0.5, 0.6) is 0 Å². The van der Waals surface area contributed by atoms with Crippen molar-refractivity contribution in [2.24, 2.45) is 0 Å². The van der Waals surface area contributed by atoms with E-state index in [1.807, 2.05) is 22.9 Å². The van der Waals surface area contributed by atoms with E-state index in [4.69, 9.17) is 21.4 Å². The van der Waals surface area contributed by atoms with E-state index in [0.29, 0.717) is 34.4 Å². The molecule has 0 atom stereocenters. The second-order valence-electron chi connectivity index (χ2n) is 4.88. The fourth-order valence-electron chi connectivity index (χ4n) is 2.00. The van der Waals surface area contributed by atoms with Crippen LogP contribution in [0.15, 0.2) is 39.5 Å². The average molecular weight is 359 g/mol. The smallest absolute Gasteiger partial charge is 0.227 e. The number of nitrogens with zero attached hydrogens (tertiary/aromatic N) is 3. The molecule has 2 heterocycles. The zero-order chi connectivity index (χ0) is 16.9. The molecule has 24 heavy (non-hydrogen) atoms. The number of hydrogen-bond acceptors (Lipinski definition) is 6. The molecular formula is C16H11ClN4O2S. The van der Waals surface area contributed by atoms with E-state index >= 15 is 0 Å². The van der Waals surface area contributed by atoms with Crippen LogP contribution in [-0.2, 0) is 11.2 Å². The van der Waals surface area contributed by atoms with Gasteiger partial charge in [0.2, 0.25) is 17.6 Å². The van der Waals surface area contributed by atoms with Gasteiger partial charge < -0.3 is 9.84 Å². The summed E-state index contributed by atoms with van der Waals surface area (Å²) >= 11 is 7.41. The lowest BCUT2D eigenvalue weighted by atomic mass is 10.2. The van der Waals surface area contributed by atoms with Crippen LogP contribution in [0.4, 0.5) is 5.69 Å². The van der Waals surface area contributed by atoms with Gasteiger partial charge in [0.05, 0.1) is 10.6 Å². The Bertz CT molecular complexity index is 899. The van der Waals surface area contributed by atoms with E-state index in [1.54, 1.807) is 23.5 Å². The number of halogens is 1. The Morgan fingerprint density at radius 2 is 2.29 bits per heavy atom. The molecule has 0 radical (unpaired) electrons. The number of carbonyl (C=O) groups excluding carboxylic acids is 1. The van der Waals surface area contributed by atoms with E-state index in [9.17, 15) is 4.79 Å². The number of rotatable bonds is 5. The molecule has 1 amide bonds. The third kappa shape index (κ3) is 3.79. The lowest BCUT2D eigenvalue weighted by Crippen LogP contribution is -2.12. The summed E-state index contributed by atoms with van der Waals surface area (Å²) in [5, 5.41) is 19.7. The van der Waals surface area contributed by atoms with Crippen LogP contribution in [-0.4, -0.2) is 16.0 Å². The van der Waals surface area contributed by atoms with Crippen LogP contribution < -0.4 is 5.32 Å². The van der Waals surface area contributed by atoms with Gasteiger partial charge in [-0.05, 0) is 29.6 Å². The number of aryl methyl sites for hydroxylation is 1. The number of thiophene rings is 1. The Labute approximate surface area is 146 Å². The van der Waals surface area contributed by atoms with Crippen molar-refractivity contribution in [3.8, 4) is 17.5 Å². The Balaban J connectivity index is 1.57. The third-order valence-corrected chi connectivity index (χ3v) is 4.20. The third-order valence-electron chi connectivity index (χ3n) is 3.18. The van der Waals surface area contributed by atoms with Gasteiger partial charge in [0.25, 0.3) is 0 Å². The molecule has 1 N–H and O–H groups in total. The number of carbonyl (C=O) groups is 1. The van der Waals surface area contributed by atoms with Crippen LogP contribution in [0, 0.1) is 11.3 Å². The molecule has 0 unspecified atom stereocenters. The van der Waals surface area contributed by atoms with Gasteiger partial charge in [0.1, 0.15) is 6.07 Å². The molecule has 3 aromatic rings. The molecule has 6 nitrogen and oxygen atoms in total. The van der Waals surface area contributed by atoms with Crippen LogP contribution in [0.25, 0.3) is 11.4 Å². The summed E-state index contributed by atoms with van der Waals surface area (Å²) in [6.45, 7) is 0. The highest BCUT2D eigenvalue weighted by atomic mass is 35.5. The van der Waals surface area contributed by atoms with Crippen molar-refractivity contribution in [3.05, 3.63) is 51.5 Å². The molecule has 120 valence electrons. The first kappa shape index (κ1) is 16.2. The first-order chi connectivity index (χ1) is 11.7. The van der Waals surface area contributed by atoms with E-state index in [0.717, 1.165) is 5.56 Å². The highest BCUT2D eigenvalue weighted by molar-refractivity contribution is 7.08. The van der Waals surface area contributed by atoms with E-state index < -0.39 is 0 Å². The molecule has 0 bridgehead atoms. The van der Waals surface area contributed by atoms with Crippen molar-refractivity contribution in [1.29, 1.82) is 5.26 Å². The highest BCUT2D eigenvalue weighted by Gasteiger charge is 2.11. The summed E-state index contributed by atoms with van der Waals surface area (Å²) in [4.78, 5) is 16.2. The number of benzene rings is 1. The fourth-order valence-corrected chi connectivity index (χ4v) is 2.79. The fraction of sp³-hybridized carbons (Fsp3) is 0.125. The maximum Gasteiger partial charge on any atom is 0.227 e. The van der Waals surface area contributed by atoms with Gasteiger partial charge in [-0.2, -0.15) is 21.6 Å². The molecule has 2 aromatic heterocycles. The Hall–Kier alpha value is -2.69. The van der Waals surface area contributed by atoms with Crippen LogP contribution in [0.3, 0.4) is 0 Å². The highest BCUT2D eigenvalue weighted by Crippen LogP contribution is 2.21. The van der Waals surface area contributed by atoms with E-state index in [2.05, 4.69) is 15.5 Å². The zero-order valence-corrected chi connectivity index (χ0v) is 13.9. The maximum absolute atomic E-state index is 12.0. The maximum atomic E-state index is 12.0. The normalized spacial score (nSPS) is 10.3. The number of anilines is 1. The Kier molecular flexibility index (Phi) is 4.89. The minimum Gasteiger partial charge on any atom is -0.339 e. The first-order valence-corrected chi connectivity index (χ1v) is 8.32. The zero-order valence-electron chi connectivity index (χ0n) is 12.3. The number of nitrogens with one attached hydrogen (secondary N) is 1. The molecule has 0 aliphatic carbocycles. The van der Waals surface area contributed by atoms with Crippen molar-refractivity contribution in [2.45, 2.75) is 12.8 Å². The van der Waals surface area contributed by atoms with Gasteiger partial charge in [-0.3, -0.25) is 4.79 Å². The van der Waals surface area contributed by atoms with Crippen molar-refractivity contribution in [1.82, 2.24) is 10.1 Å². The van der Waals surface area contributed by atoms with Crippen LogP contribution >= 0.6 is 22.9 Å². The van der Waals surface area contributed by atoms with Gasteiger partial charge in [-0.25, -0.2) is 0 Å². The summed E-state index contributed by atoms with van der Waals surface area (Å²) in [6.07, 6.45) is 0.525. The largest absolute Gasteiger partial charge is 0.339 e. The second-order valence-corrected chi connectivity index (χ2v) is 6.07. The van der Waals surface area contributed by atoms with E-state index in [1.165, 1.54) is 6.07 Å². The Morgan fingerprint density at radius 1 is 1.42 bits per heavy atom. The standard InChI is InChI=1S/C16H11ClN4O2S/c17-13-2-1-12(7-11(13)8-18)19-14(22)3-4-15-20-16(21-23-15)10-5-6-24-9-10/h1-2,5-7,9H,3-4H2,(H,19,22). The van der Waals surface area contributed by atoms with E-state index in [-0.39, 0.29) is 12.3 Å². The van der Waals surface area contributed by atoms with Gasteiger partial charge >= 0.3 is 0 Å². The topological polar surface area (TPSA) is 91.8 Å². The minimum absolute atomic E-state index is 0.190. The van der Waals surface area contributed by atoms with Crippen molar-refractivity contribution < 1.29 is 9.32 Å². The van der Waals surface area contributed by atoms with Crippen LogP contribution in [0.2, 0.25) is 5.02 Å². The Morgan fingerprint density at radius 3 is 3.04 bits per heavy atom. The molecule has 0 fully saturated rings. The SMILES string of the molecule is N#Cc1cc(NC(=O)CCc2nc(-c3ccsc3)no2)ccc1Cl. The predicted molar refractivity (Wildman–Crippen MR) is 90.7 cm³/mol. The lowest BCUT2D eigenvalue weighted by Gasteiger charge is -2.05. The summed E-state index contributed by atoms with van der Waals surface area (Å²) < 4.78 is 5.14. The molecule has 8 heteroatoms. The summed E-state index contributed by atoms with van der Waals surface area (Å²) in [7, 11) is 0. The predicted octanol–water partition coefficient (Wildman–Crippen LogP) is 3.89. The molecule has 3 rings (SSSR count). The van der Waals surface area contributed by atoms with Gasteiger partial charge in [-0.15, -0.1) is 0 Å². The number of amides is 1. The molecule has 0 aliphatic heterocycles. The molecule has 0 aliphatic rings. The van der Waals surface area contributed by atoms with Gasteiger partial charge in [-0.1, -0.05) is 16.8 Å². The average Bonchev–Trinajstić information content (AvgIpc) is 3.26. The summed E-state index contributed by atoms with van der Waals surface area (Å²) in [5.41, 5.74) is 1.72. The molecule has 0 spiro atoms. The molecule has 0 saturated heterocycles.